The molecule has 3 aromatic rings. The van der Waals surface area contributed by atoms with Gasteiger partial charge in [-0.2, -0.15) is 5.26 Å². The Labute approximate surface area is 235 Å². The van der Waals surface area contributed by atoms with Crippen molar-refractivity contribution in [1.29, 1.82) is 5.26 Å². The molecule has 0 aliphatic heterocycles. The summed E-state index contributed by atoms with van der Waals surface area (Å²) in [5.41, 5.74) is 1.18. The Balaban J connectivity index is 1.73. The van der Waals surface area contributed by atoms with E-state index in [1.807, 2.05) is 10.8 Å². The van der Waals surface area contributed by atoms with Gasteiger partial charge in [-0.3, -0.25) is 14.4 Å². The SMILES string of the molecule is CCCC(=O)NS(=O)(=O)c1ccc(NC(=O)COc2ccc(Cl)cc2C(=O)c2cc(Cl)cc(C#N)c2)c(C)c1. The van der Waals surface area contributed by atoms with Crippen LogP contribution in [-0.2, 0) is 19.6 Å². The summed E-state index contributed by atoms with van der Waals surface area (Å²) in [5.74, 6) is -1.61. The highest BCUT2D eigenvalue weighted by Crippen LogP contribution is 2.27. The lowest BCUT2D eigenvalue weighted by atomic mass is 10.0. The first-order chi connectivity index (χ1) is 18.4. The number of ketones is 1. The van der Waals surface area contributed by atoms with Crippen LogP contribution >= 0.6 is 23.2 Å². The number of halogens is 2. The molecule has 0 fully saturated rings. The molecule has 0 spiro atoms. The summed E-state index contributed by atoms with van der Waals surface area (Å²) in [6.45, 7) is 2.88. The minimum Gasteiger partial charge on any atom is -0.483 e. The van der Waals surface area contributed by atoms with Crippen LogP contribution in [0.5, 0.6) is 5.75 Å². The topological polar surface area (TPSA) is 142 Å². The number of rotatable bonds is 10. The minimum atomic E-state index is -4.05. The number of aryl methyl sites for hydroxylation is 1. The van der Waals surface area contributed by atoms with Gasteiger partial charge in [-0.05, 0) is 73.5 Å². The summed E-state index contributed by atoms with van der Waals surface area (Å²) in [5, 5.41) is 12.3. The second-order valence-electron chi connectivity index (χ2n) is 8.40. The zero-order chi connectivity index (χ0) is 28.7. The highest BCUT2D eigenvalue weighted by molar-refractivity contribution is 7.90. The number of carbonyl (C=O) groups excluding carboxylic acids is 3. The molecule has 0 bridgehead atoms. The highest BCUT2D eigenvalue weighted by Gasteiger charge is 2.20. The Bertz CT molecular complexity index is 1600. The fourth-order valence-corrected chi connectivity index (χ4v) is 5.01. The minimum absolute atomic E-state index is 0.0670. The molecule has 202 valence electrons. The molecular weight excluding hydrogens is 565 g/mol. The van der Waals surface area contributed by atoms with Crippen LogP contribution in [0.3, 0.4) is 0 Å². The predicted octanol–water partition coefficient (Wildman–Crippen LogP) is 5.03. The lowest BCUT2D eigenvalue weighted by molar-refractivity contribution is -0.119. The molecule has 0 heterocycles. The van der Waals surface area contributed by atoms with Crippen LogP contribution in [0, 0.1) is 18.3 Å². The Morgan fingerprint density at radius 1 is 0.974 bits per heavy atom. The van der Waals surface area contributed by atoms with Gasteiger partial charge in [-0.25, -0.2) is 13.1 Å². The van der Waals surface area contributed by atoms with Gasteiger partial charge in [0.15, 0.2) is 12.4 Å². The summed E-state index contributed by atoms with van der Waals surface area (Å²) < 4.78 is 32.5. The quantitative estimate of drug-likeness (QED) is 0.317. The Kier molecular flexibility index (Phi) is 9.70. The Morgan fingerprint density at radius 3 is 2.38 bits per heavy atom. The van der Waals surface area contributed by atoms with E-state index in [1.54, 1.807) is 13.8 Å². The standard InChI is InChI=1S/C27H23Cl2N3O6S/c1-3-4-25(33)32-39(36,37)21-6-7-23(16(2)9-21)31-26(34)15-38-24-8-5-19(28)13-22(24)27(35)18-10-17(14-30)11-20(29)12-18/h5-13H,3-4,15H2,1-2H3,(H,31,34)(H,32,33). The summed E-state index contributed by atoms with van der Waals surface area (Å²) >= 11 is 12.1. The molecule has 0 saturated heterocycles. The molecule has 9 nitrogen and oxygen atoms in total. The molecule has 2 amide bonds. The third kappa shape index (κ3) is 7.80. The number of anilines is 1. The lowest BCUT2D eigenvalue weighted by Crippen LogP contribution is -2.30. The van der Waals surface area contributed by atoms with Gasteiger partial charge < -0.3 is 10.1 Å². The summed E-state index contributed by atoms with van der Waals surface area (Å²) in [4.78, 5) is 37.4. The van der Waals surface area contributed by atoms with Gasteiger partial charge >= 0.3 is 0 Å². The summed E-state index contributed by atoms with van der Waals surface area (Å²) in [7, 11) is -4.05. The number of nitrogens with zero attached hydrogens (tertiary/aromatic N) is 1. The molecule has 2 N–H and O–H groups in total. The van der Waals surface area contributed by atoms with Crippen LogP contribution in [0.1, 0.15) is 46.8 Å². The first-order valence-electron chi connectivity index (χ1n) is 11.6. The fraction of sp³-hybridized carbons (Fsp3) is 0.185. The molecule has 0 aromatic heterocycles. The number of ether oxygens (including phenoxy) is 1. The number of carbonyl (C=O) groups is 3. The molecule has 12 heteroatoms. The third-order valence-corrected chi connectivity index (χ3v) is 7.17. The molecule has 0 aliphatic carbocycles. The number of nitrogens with one attached hydrogen (secondary N) is 2. The number of nitriles is 1. The van der Waals surface area contributed by atoms with Crippen molar-refractivity contribution in [2.24, 2.45) is 0 Å². The largest absolute Gasteiger partial charge is 0.483 e. The zero-order valence-corrected chi connectivity index (χ0v) is 23.2. The van der Waals surface area contributed by atoms with Crippen molar-refractivity contribution in [1.82, 2.24) is 4.72 Å². The van der Waals surface area contributed by atoms with Gasteiger partial charge in [0.25, 0.3) is 15.9 Å². The second kappa shape index (κ2) is 12.8. The second-order valence-corrected chi connectivity index (χ2v) is 11.0. The molecule has 3 rings (SSSR count). The Morgan fingerprint density at radius 2 is 1.72 bits per heavy atom. The summed E-state index contributed by atoms with van der Waals surface area (Å²) in [6.07, 6.45) is 0.578. The number of benzene rings is 3. The maximum Gasteiger partial charge on any atom is 0.264 e. The van der Waals surface area contributed by atoms with Crippen LogP contribution in [0.2, 0.25) is 10.0 Å². The number of amides is 2. The van der Waals surface area contributed by atoms with Gasteiger partial charge in [-0.15, -0.1) is 0 Å². The van der Waals surface area contributed by atoms with Crippen molar-refractivity contribution in [3.8, 4) is 11.8 Å². The number of hydrogen-bond donors (Lipinski definition) is 2. The van der Waals surface area contributed by atoms with E-state index in [0.29, 0.717) is 17.7 Å². The molecule has 3 aromatic carbocycles. The van der Waals surface area contributed by atoms with E-state index in [4.69, 9.17) is 27.9 Å². The van der Waals surface area contributed by atoms with Gasteiger partial charge in [0.1, 0.15) is 5.75 Å². The molecule has 0 unspecified atom stereocenters. The average molecular weight is 588 g/mol. The fourth-order valence-electron chi connectivity index (χ4n) is 3.51. The van der Waals surface area contributed by atoms with Gasteiger partial charge in [0.05, 0.1) is 22.1 Å². The smallest absolute Gasteiger partial charge is 0.264 e. The van der Waals surface area contributed by atoms with E-state index >= 15 is 0 Å². The number of sulfonamides is 1. The molecule has 39 heavy (non-hydrogen) atoms. The van der Waals surface area contributed by atoms with Crippen LogP contribution in [0.15, 0.2) is 59.5 Å². The van der Waals surface area contributed by atoms with E-state index in [-0.39, 0.29) is 43.8 Å². The number of hydrogen-bond acceptors (Lipinski definition) is 7. The molecule has 0 atom stereocenters. The highest BCUT2D eigenvalue weighted by atomic mass is 35.5. The van der Waals surface area contributed by atoms with Crippen LogP contribution in [0.25, 0.3) is 0 Å². The maximum absolute atomic E-state index is 13.2. The average Bonchev–Trinajstić information content (AvgIpc) is 2.88. The van der Waals surface area contributed by atoms with Crippen molar-refractivity contribution < 1.29 is 27.5 Å². The zero-order valence-electron chi connectivity index (χ0n) is 20.9. The molecule has 0 saturated carbocycles. The van der Waals surface area contributed by atoms with Crippen molar-refractivity contribution in [2.45, 2.75) is 31.6 Å². The molecular formula is C27H23Cl2N3O6S. The molecule has 0 radical (unpaired) electrons. The normalized spacial score (nSPS) is 10.8. The van der Waals surface area contributed by atoms with E-state index < -0.39 is 34.2 Å². The van der Waals surface area contributed by atoms with E-state index in [0.717, 1.165) is 0 Å². The third-order valence-electron chi connectivity index (χ3n) is 5.34. The lowest BCUT2D eigenvalue weighted by Gasteiger charge is -2.14. The van der Waals surface area contributed by atoms with Crippen LogP contribution in [-0.4, -0.2) is 32.6 Å². The van der Waals surface area contributed by atoms with Gasteiger partial charge in [0, 0.05) is 27.7 Å². The monoisotopic (exact) mass is 587 g/mol. The first kappa shape index (κ1) is 29.6. The van der Waals surface area contributed by atoms with E-state index in [1.165, 1.54) is 54.6 Å². The van der Waals surface area contributed by atoms with Gasteiger partial charge in [-0.1, -0.05) is 30.1 Å². The maximum atomic E-state index is 13.2. The van der Waals surface area contributed by atoms with Crippen molar-refractivity contribution in [3.63, 3.8) is 0 Å². The van der Waals surface area contributed by atoms with Crippen molar-refractivity contribution in [3.05, 3.63) is 86.9 Å². The van der Waals surface area contributed by atoms with Crippen LogP contribution in [0.4, 0.5) is 5.69 Å². The van der Waals surface area contributed by atoms with Crippen LogP contribution < -0.4 is 14.8 Å². The first-order valence-corrected chi connectivity index (χ1v) is 13.8. The van der Waals surface area contributed by atoms with Gasteiger partial charge in [0.2, 0.25) is 5.91 Å². The van der Waals surface area contributed by atoms with Crippen molar-refractivity contribution >= 4 is 56.5 Å². The molecule has 0 aliphatic rings. The van der Waals surface area contributed by atoms with E-state index in [9.17, 15) is 28.1 Å². The van der Waals surface area contributed by atoms with E-state index in [2.05, 4.69) is 5.32 Å². The predicted molar refractivity (Wildman–Crippen MR) is 147 cm³/mol. The Hall–Kier alpha value is -3.91. The van der Waals surface area contributed by atoms with Crippen molar-refractivity contribution in [2.75, 3.05) is 11.9 Å². The summed E-state index contributed by atoms with van der Waals surface area (Å²) in [6, 6.07) is 14.5.